The Morgan fingerprint density at radius 1 is 1.33 bits per heavy atom. The summed E-state index contributed by atoms with van der Waals surface area (Å²) in [6.07, 6.45) is 3.76. The maximum Gasteiger partial charge on any atom is 0.325 e. The van der Waals surface area contributed by atoms with E-state index in [1.54, 1.807) is 20.4 Å². The highest BCUT2D eigenvalue weighted by Gasteiger charge is 2.22. The Balaban J connectivity index is 2.06. The number of aromatic nitrogens is 2. The Morgan fingerprint density at radius 2 is 2.21 bits per heavy atom. The van der Waals surface area contributed by atoms with E-state index >= 15 is 0 Å². The number of nitrogens with one attached hydrogen (secondary N) is 2. The number of hydrogen-bond acceptors (Lipinski definition) is 5. The monoisotopic (exact) mass is 325 g/mol. The van der Waals surface area contributed by atoms with Gasteiger partial charge in [0.2, 0.25) is 0 Å². The Bertz CT molecular complexity index is 830. The van der Waals surface area contributed by atoms with Crippen LogP contribution in [0.5, 0.6) is 5.75 Å². The van der Waals surface area contributed by atoms with Crippen LogP contribution in [0.25, 0.3) is 10.9 Å². The fraction of sp³-hybridized carbons (Fsp3) is 0.222. The minimum atomic E-state index is -0.348. The minimum Gasteiger partial charge on any atom is -0.496 e. The fourth-order valence-corrected chi connectivity index (χ4v) is 2.82. The summed E-state index contributed by atoms with van der Waals surface area (Å²) in [5.41, 5.74) is 5.12. The van der Waals surface area contributed by atoms with Gasteiger partial charge in [0, 0.05) is 42.0 Å². The van der Waals surface area contributed by atoms with E-state index in [2.05, 4.69) is 15.4 Å². The van der Waals surface area contributed by atoms with E-state index in [9.17, 15) is 4.79 Å². The average Bonchev–Trinajstić information content (AvgIpc) is 3.08. The zero-order valence-electron chi connectivity index (χ0n) is 13.6. The van der Waals surface area contributed by atoms with E-state index in [0.29, 0.717) is 0 Å². The third-order valence-electron chi connectivity index (χ3n) is 3.91. The number of ether oxygens (including phenoxy) is 1. The highest BCUT2D eigenvalue weighted by Crippen LogP contribution is 2.34. The van der Waals surface area contributed by atoms with Gasteiger partial charge in [-0.25, -0.2) is 0 Å². The molecule has 2 N–H and O–H groups in total. The Labute approximate surface area is 139 Å². The number of benzene rings is 1. The average molecular weight is 325 g/mol. The predicted molar refractivity (Wildman–Crippen MR) is 90.7 cm³/mol. The lowest BCUT2D eigenvalue weighted by molar-refractivity contribution is -0.150. The lowest BCUT2D eigenvalue weighted by Gasteiger charge is -2.17. The van der Waals surface area contributed by atoms with Gasteiger partial charge < -0.3 is 14.6 Å². The van der Waals surface area contributed by atoms with Crippen molar-refractivity contribution in [1.82, 2.24) is 15.4 Å². The molecule has 3 aromatic rings. The molecule has 0 bridgehead atoms. The normalized spacial score (nSPS) is 12.1. The van der Waals surface area contributed by atoms with Crippen LogP contribution in [0.1, 0.15) is 23.6 Å². The lowest BCUT2D eigenvalue weighted by atomic mass is 9.91. The van der Waals surface area contributed by atoms with Crippen molar-refractivity contribution in [3.8, 4) is 5.75 Å². The van der Waals surface area contributed by atoms with Crippen LogP contribution < -0.4 is 10.2 Å². The molecule has 0 saturated carbocycles. The molecule has 6 heteroatoms. The molecule has 1 unspecified atom stereocenters. The number of hydrogen-bond donors (Lipinski definition) is 2. The standard InChI is InChI=1S/C18H19N3O3/c1-19-24-18(22)11-14(15-5-3-4-7-20-15)12-9-16-13(6-8-21-16)17(10-12)23-2/h3-10,14,19,21H,11H2,1-2H3. The molecule has 3 rings (SSSR count). The first-order valence-corrected chi connectivity index (χ1v) is 7.65. The molecule has 0 saturated heterocycles. The second-order valence-corrected chi connectivity index (χ2v) is 5.35. The number of carbonyl (C=O) groups excluding carboxylic acids is 1. The van der Waals surface area contributed by atoms with E-state index in [1.807, 2.05) is 42.6 Å². The van der Waals surface area contributed by atoms with Crippen LogP contribution in [0.2, 0.25) is 0 Å². The van der Waals surface area contributed by atoms with Crippen molar-refractivity contribution in [1.29, 1.82) is 0 Å². The van der Waals surface area contributed by atoms with Crippen LogP contribution in [0.3, 0.4) is 0 Å². The molecular formula is C18H19N3O3. The zero-order valence-corrected chi connectivity index (χ0v) is 13.6. The summed E-state index contributed by atoms with van der Waals surface area (Å²) in [4.78, 5) is 24.5. The Hall–Kier alpha value is -2.86. The van der Waals surface area contributed by atoms with Gasteiger partial charge in [-0.1, -0.05) is 6.07 Å². The summed E-state index contributed by atoms with van der Waals surface area (Å²) in [5, 5.41) is 0.999. The number of rotatable bonds is 6. The van der Waals surface area contributed by atoms with Crippen LogP contribution in [-0.2, 0) is 9.63 Å². The van der Waals surface area contributed by atoms with Crippen molar-refractivity contribution >= 4 is 16.9 Å². The van der Waals surface area contributed by atoms with Crippen LogP contribution in [0.15, 0.2) is 48.8 Å². The molecule has 2 heterocycles. The molecule has 1 atom stereocenters. The van der Waals surface area contributed by atoms with Crippen molar-refractivity contribution in [2.24, 2.45) is 0 Å². The number of carbonyl (C=O) groups is 1. The summed E-state index contributed by atoms with van der Waals surface area (Å²) < 4.78 is 5.50. The maximum absolute atomic E-state index is 12.0. The van der Waals surface area contributed by atoms with Gasteiger partial charge in [-0.3, -0.25) is 9.78 Å². The summed E-state index contributed by atoms with van der Waals surface area (Å²) in [6.45, 7) is 0. The minimum absolute atomic E-state index is 0.174. The lowest BCUT2D eigenvalue weighted by Crippen LogP contribution is -2.18. The van der Waals surface area contributed by atoms with Crippen molar-refractivity contribution in [2.75, 3.05) is 14.2 Å². The molecular weight excluding hydrogens is 306 g/mol. The van der Waals surface area contributed by atoms with E-state index in [0.717, 1.165) is 27.9 Å². The smallest absolute Gasteiger partial charge is 0.325 e. The van der Waals surface area contributed by atoms with Crippen LogP contribution >= 0.6 is 0 Å². The summed E-state index contributed by atoms with van der Waals surface area (Å²) in [5.74, 6) is 0.180. The van der Waals surface area contributed by atoms with Gasteiger partial charge in [0.1, 0.15) is 5.75 Å². The summed E-state index contributed by atoms with van der Waals surface area (Å²) >= 11 is 0. The largest absolute Gasteiger partial charge is 0.496 e. The molecule has 0 aliphatic carbocycles. The van der Waals surface area contributed by atoms with Gasteiger partial charge in [-0.05, 0) is 35.9 Å². The number of nitrogens with zero attached hydrogens (tertiary/aromatic N) is 1. The zero-order chi connectivity index (χ0) is 16.9. The highest BCUT2D eigenvalue weighted by molar-refractivity contribution is 5.87. The molecule has 6 nitrogen and oxygen atoms in total. The molecule has 0 amide bonds. The van der Waals surface area contributed by atoms with Crippen LogP contribution in [-0.4, -0.2) is 30.1 Å². The number of pyridine rings is 1. The Morgan fingerprint density at radius 3 is 2.92 bits per heavy atom. The van der Waals surface area contributed by atoms with E-state index < -0.39 is 0 Å². The van der Waals surface area contributed by atoms with Gasteiger partial charge in [0.15, 0.2) is 0 Å². The summed E-state index contributed by atoms with van der Waals surface area (Å²) in [6, 6.07) is 11.6. The molecule has 1 aromatic carbocycles. The molecule has 0 radical (unpaired) electrons. The molecule has 124 valence electrons. The SMILES string of the molecule is CNOC(=O)CC(c1cc(OC)c2cc[nH]c2c1)c1ccccn1. The molecule has 0 aliphatic heterocycles. The van der Waals surface area contributed by atoms with E-state index in [4.69, 9.17) is 9.57 Å². The third kappa shape index (κ3) is 3.23. The third-order valence-corrected chi connectivity index (χ3v) is 3.91. The topological polar surface area (TPSA) is 76.2 Å². The van der Waals surface area contributed by atoms with E-state index in [-0.39, 0.29) is 18.3 Å². The van der Waals surface area contributed by atoms with Crippen molar-refractivity contribution in [3.05, 3.63) is 60.0 Å². The van der Waals surface area contributed by atoms with Gasteiger partial charge in [-0.15, -0.1) is 0 Å². The number of hydroxylamine groups is 1. The first kappa shape index (κ1) is 16.0. The number of methoxy groups -OCH3 is 1. The first-order chi connectivity index (χ1) is 11.7. The molecule has 2 aromatic heterocycles. The second kappa shape index (κ2) is 7.14. The predicted octanol–water partition coefficient (Wildman–Crippen LogP) is 2.77. The first-order valence-electron chi connectivity index (χ1n) is 7.65. The quantitative estimate of drug-likeness (QED) is 0.682. The maximum atomic E-state index is 12.0. The molecule has 0 spiro atoms. The highest BCUT2D eigenvalue weighted by atomic mass is 16.7. The Kier molecular flexibility index (Phi) is 4.77. The molecule has 0 fully saturated rings. The van der Waals surface area contributed by atoms with Crippen molar-refractivity contribution in [3.63, 3.8) is 0 Å². The van der Waals surface area contributed by atoms with Crippen molar-refractivity contribution < 1.29 is 14.4 Å². The van der Waals surface area contributed by atoms with Gasteiger partial charge in [0.05, 0.1) is 13.5 Å². The second-order valence-electron chi connectivity index (χ2n) is 5.35. The molecule has 24 heavy (non-hydrogen) atoms. The van der Waals surface area contributed by atoms with Gasteiger partial charge in [0.25, 0.3) is 0 Å². The van der Waals surface area contributed by atoms with Crippen LogP contribution in [0.4, 0.5) is 0 Å². The molecule has 0 aliphatic rings. The van der Waals surface area contributed by atoms with Gasteiger partial charge >= 0.3 is 5.97 Å². The van der Waals surface area contributed by atoms with Crippen LogP contribution in [0, 0.1) is 0 Å². The van der Waals surface area contributed by atoms with E-state index in [1.165, 1.54) is 0 Å². The number of aromatic amines is 1. The number of H-pyrrole nitrogens is 1. The van der Waals surface area contributed by atoms with Gasteiger partial charge in [-0.2, -0.15) is 5.48 Å². The fourth-order valence-electron chi connectivity index (χ4n) is 2.82. The summed E-state index contributed by atoms with van der Waals surface area (Å²) in [7, 11) is 3.19. The number of fused-ring (bicyclic) bond motifs is 1. The van der Waals surface area contributed by atoms with Crippen molar-refractivity contribution in [2.45, 2.75) is 12.3 Å².